The van der Waals surface area contributed by atoms with Crippen LogP contribution in [0.25, 0.3) is 0 Å². The van der Waals surface area contributed by atoms with Crippen molar-refractivity contribution in [2.45, 2.75) is 0 Å². The summed E-state index contributed by atoms with van der Waals surface area (Å²) in [6.07, 6.45) is 0. The largest absolute Gasteiger partial charge is 0.497 e. The van der Waals surface area contributed by atoms with Gasteiger partial charge in [0.2, 0.25) is 0 Å². The second-order valence-electron chi connectivity index (χ2n) is 4.79. The first-order valence-corrected chi connectivity index (χ1v) is 6.99. The van der Waals surface area contributed by atoms with Crippen LogP contribution in [-0.4, -0.2) is 32.1 Å². The molecule has 0 atom stereocenters. The molecular weight excluding hydrogens is 314 g/mol. The van der Waals surface area contributed by atoms with Gasteiger partial charge in [-0.05, 0) is 12.1 Å². The van der Waals surface area contributed by atoms with Gasteiger partial charge in [-0.25, -0.2) is 0 Å². The Morgan fingerprint density at radius 1 is 1.08 bits per heavy atom. The van der Waals surface area contributed by atoms with E-state index in [1.807, 2.05) is 0 Å². The van der Waals surface area contributed by atoms with E-state index < -0.39 is 10.8 Å². The molecule has 0 aliphatic heterocycles. The first kappa shape index (κ1) is 17.1. The van der Waals surface area contributed by atoms with Gasteiger partial charge in [0, 0.05) is 42.6 Å². The van der Waals surface area contributed by atoms with E-state index in [0.717, 1.165) is 0 Å². The average Bonchev–Trinajstić information content (AvgIpc) is 2.60. The molecule has 24 heavy (non-hydrogen) atoms. The van der Waals surface area contributed by atoms with Gasteiger partial charge in [-0.1, -0.05) is 0 Å². The number of benzene rings is 2. The topological polar surface area (TPSA) is 103 Å². The fraction of sp³-hybridized carbons (Fsp3) is 0.188. The van der Waals surface area contributed by atoms with Crippen molar-refractivity contribution in [3.63, 3.8) is 0 Å². The summed E-state index contributed by atoms with van der Waals surface area (Å²) in [5.74, 6) is 0.554. The zero-order valence-corrected chi connectivity index (χ0v) is 13.5. The Bertz CT molecular complexity index is 754. The Morgan fingerprint density at radius 2 is 1.71 bits per heavy atom. The average molecular weight is 331 g/mol. The van der Waals surface area contributed by atoms with E-state index in [1.54, 1.807) is 25.2 Å². The Labute approximate surface area is 138 Å². The van der Waals surface area contributed by atoms with Crippen molar-refractivity contribution in [3.05, 3.63) is 52.1 Å². The lowest BCUT2D eigenvalue weighted by Crippen LogP contribution is -2.12. The minimum atomic E-state index is -0.544. The van der Waals surface area contributed by atoms with Crippen LogP contribution < -0.4 is 20.1 Å². The summed E-state index contributed by atoms with van der Waals surface area (Å²) in [5, 5.41) is 16.5. The van der Waals surface area contributed by atoms with E-state index in [2.05, 4.69) is 10.6 Å². The number of nitrogens with zero attached hydrogens (tertiary/aromatic N) is 1. The van der Waals surface area contributed by atoms with E-state index >= 15 is 0 Å². The SMILES string of the molecule is CNc1ccc(C(=O)Nc2cc(OC)cc(OC)c2)cc1[N+](=O)[O-]. The second-order valence-corrected chi connectivity index (χ2v) is 4.79. The number of carbonyl (C=O) groups is 1. The van der Waals surface area contributed by atoms with Gasteiger partial charge in [-0.15, -0.1) is 0 Å². The van der Waals surface area contributed by atoms with E-state index in [-0.39, 0.29) is 11.3 Å². The summed E-state index contributed by atoms with van der Waals surface area (Å²) >= 11 is 0. The van der Waals surface area contributed by atoms with Crippen molar-refractivity contribution >= 4 is 23.0 Å². The summed E-state index contributed by atoms with van der Waals surface area (Å²) in [7, 11) is 4.57. The van der Waals surface area contributed by atoms with E-state index in [4.69, 9.17) is 9.47 Å². The number of nitro benzene ring substituents is 1. The van der Waals surface area contributed by atoms with Gasteiger partial charge in [0.1, 0.15) is 17.2 Å². The standard InChI is InChI=1S/C16H17N3O5/c1-17-14-5-4-10(6-15(14)19(21)22)16(20)18-11-7-12(23-2)9-13(8-11)24-3/h4-9,17H,1-3H3,(H,18,20). The Morgan fingerprint density at radius 3 is 2.21 bits per heavy atom. The zero-order chi connectivity index (χ0) is 17.7. The maximum absolute atomic E-state index is 12.4. The lowest BCUT2D eigenvalue weighted by Gasteiger charge is -2.10. The lowest BCUT2D eigenvalue weighted by atomic mass is 10.1. The molecule has 0 heterocycles. The maximum Gasteiger partial charge on any atom is 0.293 e. The van der Waals surface area contributed by atoms with Crippen molar-refractivity contribution < 1.29 is 19.2 Å². The van der Waals surface area contributed by atoms with Gasteiger partial charge in [0.05, 0.1) is 19.1 Å². The molecule has 8 nitrogen and oxygen atoms in total. The fourth-order valence-corrected chi connectivity index (χ4v) is 2.12. The number of rotatable bonds is 6. The zero-order valence-electron chi connectivity index (χ0n) is 13.5. The van der Waals surface area contributed by atoms with Crippen LogP contribution in [0.4, 0.5) is 17.1 Å². The van der Waals surface area contributed by atoms with Crippen LogP contribution in [0.1, 0.15) is 10.4 Å². The van der Waals surface area contributed by atoms with Gasteiger partial charge < -0.3 is 20.1 Å². The minimum Gasteiger partial charge on any atom is -0.497 e. The molecule has 0 spiro atoms. The van der Waals surface area contributed by atoms with E-state index in [9.17, 15) is 14.9 Å². The number of amides is 1. The van der Waals surface area contributed by atoms with Crippen molar-refractivity contribution in [2.75, 3.05) is 31.9 Å². The smallest absolute Gasteiger partial charge is 0.293 e. The highest BCUT2D eigenvalue weighted by Gasteiger charge is 2.17. The van der Waals surface area contributed by atoms with Crippen LogP contribution in [0.3, 0.4) is 0 Å². The molecule has 1 amide bonds. The molecule has 0 aliphatic rings. The number of methoxy groups -OCH3 is 2. The molecular formula is C16H17N3O5. The molecule has 2 rings (SSSR count). The second kappa shape index (κ2) is 7.32. The van der Waals surface area contributed by atoms with Gasteiger partial charge >= 0.3 is 0 Å². The molecule has 2 aromatic carbocycles. The molecule has 0 aromatic heterocycles. The van der Waals surface area contributed by atoms with Crippen molar-refractivity contribution in [2.24, 2.45) is 0 Å². The molecule has 0 aliphatic carbocycles. The van der Waals surface area contributed by atoms with Crippen LogP contribution in [0.5, 0.6) is 11.5 Å². The number of ether oxygens (including phenoxy) is 2. The van der Waals surface area contributed by atoms with Crippen LogP contribution in [0, 0.1) is 10.1 Å². The molecule has 2 N–H and O–H groups in total. The Hall–Kier alpha value is -3.29. The highest BCUT2D eigenvalue weighted by molar-refractivity contribution is 6.05. The molecule has 8 heteroatoms. The highest BCUT2D eigenvalue weighted by Crippen LogP contribution is 2.28. The van der Waals surface area contributed by atoms with Crippen LogP contribution in [-0.2, 0) is 0 Å². The number of anilines is 2. The van der Waals surface area contributed by atoms with E-state index in [0.29, 0.717) is 22.9 Å². The molecule has 0 unspecified atom stereocenters. The quantitative estimate of drug-likeness (QED) is 0.623. The molecule has 0 saturated carbocycles. The third kappa shape index (κ3) is 3.72. The van der Waals surface area contributed by atoms with Gasteiger partial charge in [0.25, 0.3) is 11.6 Å². The monoisotopic (exact) mass is 331 g/mol. The van der Waals surface area contributed by atoms with Crippen molar-refractivity contribution in [1.82, 2.24) is 0 Å². The summed E-state index contributed by atoms with van der Waals surface area (Å²) in [6, 6.07) is 9.12. The molecule has 2 aromatic rings. The van der Waals surface area contributed by atoms with Crippen molar-refractivity contribution in [1.29, 1.82) is 0 Å². The first-order chi connectivity index (χ1) is 11.5. The number of nitro groups is 1. The molecule has 126 valence electrons. The van der Waals surface area contributed by atoms with Gasteiger partial charge in [-0.2, -0.15) is 0 Å². The Kier molecular flexibility index (Phi) is 5.20. The summed E-state index contributed by atoms with van der Waals surface area (Å²) in [4.78, 5) is 22.9. The van der Waals surface area contributed by atoms with Crippen LogP contribution in [0.15, 0.2) is 36.4 Å². The predicted octanol–water partition coefficient (Wildman–Crippen LogP) is 2.91. The van der Waals surface area contributed by atoms with Crippen LogP contribution in [0.2, 0.25) is 0 Å². The van der Waals surface area contributed by atoms with Gasteiger partial charge in [-0.3, -0.25) is 14.9 Å². The lowest BCUT2D eigenvalue weighted by molar-refractivity contribution is -0.384. The maximum atomic E-state index is 12.4. The molecule has 0 bridgehead atoms. The summed E-state index contributed by atoms with van der Waals surface area (Å²) in [6.45, 7) is 0. The number of carbonyl (C=O) groups excluding carboxylic acids is 1. The first-order valence-electron chi connectivity index (χ1n) is 6.99. The third-order valence-electron chi connectivity index (χ3n) is 3.34. The Balaban J connectivity index is 2.30. The van der Waals surface area contributed by atoms with Crippen LogP contribution >= 0.6 is 0 Å². The summed E-state index contributed by atoms with van der Waals surface area (Å²) < 4.78 is 10.3. The van der Waals surface area contributed by atoms with Crippen molar-refractivity contribution in [3.8, 4) is 11.5 Å². The molecule has 0 fully saturated rings. The predicted molar refractivity (Wildman–Crippen MR) is 90.1 cm³/mol. The fourth-order valence-electron chi connectivity index (χ4n) is 2.12. The summed E-state index contributed by atoms with van der Waals surface area (Å²) in [5.41, 5.74) is 0.784. The third-order valence-corrected chi connectivity index (χ3v) is 3.34. The molecule has 0 radical (unpaired) electrons. The number of hydrogen-bond donors (Lipinski definition) is 2. The minimum absolute atomic E-state index is 0.169. The highest BCUT2D eigenvalue weighted by atomic mass is 16.6. The molecule has 0 saturated heterocycles. The van der Waals surface area contributed by atoms with Gasteiger partial charge in [0.15, 0.2) is 0 Å². The number of hydrogen-bond acceptors (Lipinski definition) is 6. The number of nitrogens with one attached hydrogen (secondary N) is 2. The normalized spacial score (nSPS) is 9.96. The van der Waals surface area contributed by atoms with E-state index in [1.165, 1.54) is 32.4 Å².